The average molecular weight is 197 g/mol. The third-order valence-electron chi connectivity index (χ3n) is 3.17. The molecule has 0 unspecified atom stereocenters. The lowest BCUT2D eigenvalue weighted by atomic mass is 9.85. The van der Waals surface area contributed by atoms with Gasteiger partial charge >= 0.3 is 0 Å². The van der Waals surface area contributed by atoms with Crippen LogP contribution in [0.25, 0.3) is 0 Å². The Kier molecular flexibility index (Phi) is 3.97. The molecule has 0 spiro atoms. The highest BCUT2D eigenvalue weighted by molar-refractivity contribution is 5.80. The van der Waals surface area contributed by atoms with E-state index in [0.29, 0.717) is 23.7 Å². The minimum absolute atomic E-state index is 0.274. The number of carbonyl (C=O) groups is 1. The first-order chi connectivity index (χ1) is 6.52. The van der Waals surface area contributed by atoms with Gasteiger partial charge in [0.25, 0.3) is 0 Å². The van der Waals surface area contributed by atoms with E-state index in [9.17, 15) is 4.79 Å². The lowest BCUT2D eigenvalue weighted by Gasteiger charge is -2.25. The topological polar surface area (TPSA) is 29.1 Å². The first-order valence-electron chi connectivity index (χ1n) is 5.80. The van der Waals surface area contributed by atoms with Crippen molar-refractivity contribution in [2.75, 3.05) is 6.54 Å². The molecule has 1 N–H and O–H groups in total. The molecule has 1 aliphatic carbocycles. The maximum atomic E-state index is 11.4. The fourth-order valence-electron chi connectivity index (χ4n) is 1.95. The molecule has 1 fully saturated rings. The zero-order valence-electron chi connectivity index (χ0n) is 9.84. The Bertz CT molecular complexity index is 186. The molecule has 0 radical (unpaired) electrons. The van der Waals surface area contributed by atoms with Crippen molar-refractivity contribution < 1.29 is 4.79 Å². The van der Waals surface area contributed by atoms with Gasteiger partial charge in [0.1, 0.15) is 0 Å². The van der Waals surface area contributed by atoms with Gasteiger partial charge in [0.2, 0.25) is 5.91 Å². The van der Waals surface area contributed by atoms with Crippen molar-refractivity contribution in [1.82, 2.24) is 5.32 Å². The molecule has 0 bridgehead atoms. The third-order valence-corrected chi connectivity index (χ3v) is 3.17. The molecule has 2 nitrogen and oxygen atoms in total. The molecule has 2 heteroatoms. The van der Waals surface area contributed by atoms with Gasteiger partial charge in [-0.1, -0.05) is 27.7 Å². The van der Waals surface area contributed by atoms with Crippen LogP contribution in [0.4, 0.5) is 0 Å². The summed E-state index contributed by atoms with van der Waals surface area (Å²) >= 11 is 0. The van der Waals surface area contributed by atoms with Crippen LogP contribution in [-0.4, -0.2) is 12.5 Å². The van der Waals surface area contributed by atoms with E-state index in [1.54, 1.807) is 0 Å². The predicted octanol–water partition coefficient (Wildman–Crippen LogP) is 2.44. The summed E-state index contributed by atoms with van der Waals surface area (Å²) in [6, 6.07) is 0. The normalized spacial score (nSPS) is 16.8. The number of carbonyl (C=O) groups excluding carboxylic acids is 1. The Balaban J connectivity index is 2.28. The summed E-state index contributed by atoms with van der Waals surface area (Å²) in [6.07, 6.45) is 2.19. The Morgan fingerprint density at radius 1 is 1.21 bits per heavy atom. The van der Waals surface area contributed by atoms with E-state index >= 15 is 0 Å². The molecule has 0 atom stereocenters. The van der Waals surface area contributed by atoms with E-state index < -0.39 is 0 Å². The molecular weight excluding hydrogens is 174 g/mol. The van der Waals surface area contributed by atoms with Gasteiger partial charge in [0.15, 0.2) is 0 Å². The minimum Gasteiger partial charge on any atom is -0.356 e. The van der Waals surface area contributed by atoms with Gasteiger partial charge in [0.05, 0.1) is 0 Å². The van der Waals surface area contributed by atoms with Gasteiger partial charge in [-0.15, -0.1) is 0 Å². The predicted molar refractivity (Wildman–Crippen MR) is 58.9 cm³/mol. The third kappa shape index (κ3) is 3.32. The van der Waals surface area contributed by atoms with Gasteiger partial charge in [-0.2, -0.15) is 0 Å². The molecule has 1 rings (SSSR count). The lowest BCUT2D eigenvalue weighted by Crippen LogP contribution is -2.34. The van der Waals surface area contributed by atoms with Gasteiger partial charge in [0, 0.05) is 12.5 Å². The van der Waals surface area contributed by atoms with E-state index in [4.69, 9.17) is 0 Å². The molecular formula is C12H23NO. The first-order valence-corrected chi connectivity index (χ1v) is 5.80. The van der Waals surface area contributed by atoms with E-state index in [2.05, 4.69) is 33.0 Å². The smallest absolute Gasteiger partial charge is 0.223 e. The summed E-state index contributed by atoms with van der Waals surface area (Å²) in [5.41, 5.74) is 0. The van der Waals surface area contributed by atoms with Crippen molar-refractivity contribution in [1.29, 1.82) is 0 Å². The summed E-state index contributed by atoms with van der Waals surface area (Å²) < 4.78 is 0. The molecule has 82 valence electrons. The fourth-order valence-corrected chi connectivity index (χ4v) is 1.95. The Morgan fingerprint density at radius 2 is 1.71 bits per heavy atom. The SMILES string of the molecule is CC(C)C(CNC(=O)C1CC1)C(C)C. The van der Waals surface area contributed by atoms with Crippen LogP contribution in [0.15, 0.2) is 0 Å². The standard InChI is InChI=1S/C12H23NO/c1-8(2)11(9(3)4)7-13-12(14)10-5-6-10/h8-11H,5-7H2,1-4H3,(H,13,14). The molecule has 1 saturated carbocycles. The lowest BCUT2D eigenvalue weighted by molar-refractivity contribution is -0.122. The summed E-state index contributed by atoms with van der Waals surface area (Å²) in [7, 11) is 0. The van der Waals surface area contributed by atoms with Gasteiger partial charge < -0.3 is 5.32 Å². The Morgan fingerprint density at radius 3 is 2.07 bits per heavy atom. The van der Waals surface area contributed by atoms with Crippen LogP contribution < -0.4 is 5.32 Å². The number of nitrogens with one attached hydrogen (secondary N) is 1. The molecule has 0 heterocycles. The van der Waals surface area contributed by atoms with E-state index in [1.165, 1.54) is 0 Å². The van der Waals surface area contributed by atoms with Crippen molar-refractivity contribution in [3.8, 4) is 0 Å². The summed E-state index contributed by atoms with van der Waals surface area (Å²) in [6.45, 7) is 9.77. The van der Waals surface area contributed by atoms with Crippen molar-refractivity contribution in [2.24, 2.45) is 23.7 Å². The summed E-state index contributed by atoms with van der Waals surface area (Å²) in [4.78, 5) is 11.4. The molecule has 0 aliphatic heterocycles. The van der Waals surface area contributed by atoms with Crippen molar-refractivity contribution in [3.63, 3.8) is 0 Å². The molecule has 0 saturated heterocycles. The quantitative estimate of drug-likeness (QED) is 0.720. The van der Waals surface area contributed by atoms with Gasteiger partial charge in [-0.25, -0.2) is 0 Å². The zero-order chi connectivity index (χ0) is 10.7. The van der Waals surface area contributed by atoms with Crippen LogP contribution in [0.1, 0.15) is 40.5 Å². The number of amides is 1. The highest BCUT2D eigenvalue weighted by Crippen LogP contribution is 2.29. The van der Waals surface area contributed by atoms with Crippen LogP contribution in [0.5, 0.6) is 0 Å². The van der Waals surface area contributed by atoms with Crippen LogP contribution in [-0.2, 0) is 4.79 Å². The van der Waals surface area contributed by atoms with E-state index in [1.807, 2.05) is 0 Å². The monoisotopic (exact) mass is 197 g/mol. The second kappa shape index (κ2) is 4.81. The molecule has 14 heavy (non-hydrogen) atoms. The molecule has 1 amide bonds. The number of hydrogen-bond acceptors (Lipinski definition) is 1. The fraction of sp³-hybridized carbons (Fsp3) is 0.917. The van der Waals surface area contributed by atoms with E-state index in [0.717, 1.165) is 19.4 Å². The molecule has 0 aromatic rings. The number of rotatable bonds is 5. The highest BCUT2D eigenvalue weighted by atomic mass is 16.2. The Hall–Kier alpha value is -0.530. The minimum atomic E-state index is 0.274. The zero-order valence-corrected chi connectivity index (χ0v) is 9.84. The number of hydrogen-bond donors (Lipinski definition) is 1. The van der Waals surface area contributed by atoms with Gasteiger partial charge in [-0.05, 0) is 30.6 Å². The molecule has 0 aromatic carbocycles. The molecule has 1 aliphatic rings. The maximum Gasteiger partial charge on any atom is 0.223 e. The Labute approximate surface area is 87.5 Å². The van der Waals surface area contributed by atoms with Crippen LogP contribution in [0.2, 0.25) is 0 Å². The van der Waals surface area contributed by atoms with Crippen molar-refractivity contribution in [2.45, 2.75) is 40.5 Å². The first kappa shape index (κ1) is 11.5. The average Bonchev–Trinajstić information content (AvgIpc) is 2.84. The summed E-state index contributed by atoms with van der Waals surface area (Å²) in [5, 5.41) is 3.07. The van der Waals surface area contributed by atoms with Crippen LogP contribution >= 0.6 is 0 Å². The van der Waals surface area contributed by atoms with Crippen molar-refractivity contribution in [3.05, 3.63) is 0 Å². The van der Waals surface area contributed by atoms with Crippen LogP contribution in [0, 0.1) is 23.7 Å². The summed E-state index contributed by atoms with van der Waals surface area (Å²) in [5.74, 6) is 2.52. The van der Waals surface area contributed by atoms with E-state index in [-0.39, 0.29) is 5.91 Å². The maximum absolute atomic E-state index is 11.4. The van der Waals surface area contributed by atoms with Crippen LogP contribution in [0.3, 0.4) is 0 Å². The van der Waals surface area contributed by atoms with Gasteiger partial charge in [-0.3, -0.25) is 4.79 Å². The van der Waals surface area contributed by atoms with Crippen molar-refractivity contribution >= 4 is 5.91 Å². The second-order valence-corrected chi connectivity index (χ2v) is 5.17. The second-order valence-electron chi connectivity index (χ2n) is 5.17. The largest absolute Gasteiger partial charge is 0.356 e. The molecule has 0 aromatic heterocycles. The highest BCUT2D eigenvalue weighted by Gasteiger charge is 2.30.